The highest BCUT2D eigenvalue weighted by molar-refractivity contribution is 7.89. The van der Waals surface area contributed by atoms with Crippen molar-refractivity contribution in [1.29, 1.82) is 0 Å². The van der Waals surface area contributed by atoms with Crippen LogP contribution in [0, 0.1) is 5.82 Å². The van der Waals surface area contributed by atoms with Gasteiger partial charge in [-0.05, 0) is 48.2 Å². The van der Waals surface area contributed by atoms with Crippen molar-refractivity contribution < 1.29 is 40.3 Å². The molecule has 0 unspecified atom stereocenters. The number of carbonyl (C=O) groups is 1. The molecule has 0 aliphatic carbocycles. The molecule has 4 aromatic rings. The van der Waals surface area contributed by atoms with Gasteiger partial charge in [-0.2, -0.15) is 17.5 Å². The molecule has 1 fully saturated rings. The number of aliphatic hydroxyl groups excluding tert-OH is 1. The van der Waals surface area contributed by atoms with Crippen molar-refractivity contribution in [1.82, 2.24) is 9.29 Å². The number of aromatic nitrogens is 1. The molecule has 0 spiro atoms. The number of nitrogens with zero attached hydrogens (tertiary/aromatic N) is 2. The summed E-state index contributed by atoms with van der Waals surface area (Å²) in [5.74, 6) is -1.05. The highest BCUT2D eigenvalue weighted by Gasteiger charge is 2.45. The van der Waals surface area contributed by atoms with Gasteiger partial charge in [-0.25, -0.2) is 12.8 Å². The molecule has 39 heavy (non-hydrogen) atoms. The summed E-state index contributed by atoms with van der Waals surface area (Å²) in [5.41, 5.74) is 0.929. The fraction of sp³-hybridized carbons (Fsp3) is 0.259. The second-order valence-electron chi connectivity index (χ2n) is 9.26. The minimum atomic E-state index is -4.55. The Morgan fingerprint density at radius 2 is 1.87 bits per heavy atom. The Morgan fingerprint density at radius 1 is 1.08 bits per heavy atom. The standard InChI is InChI=1S/C27H22F4N2O5S/c28-20-6-8-23-19(13-20)14-25(38-23)39(36,37)33-11-10-22(35)26(33)21(34)7-4-16-2-1-3-17(12-16)18-5-9-24(32-15-18)27(29,30)31/h1-3,5-6,8-9,12-15,22,26,35H,4,7,10-11H2/t22-,26+/m0/s1. The monoisotopic (exact) mass is 562 g/mol. The first-order valence-corrected chi connectivity index (χ1v) is 13.4. The molecular weight excluding hydrogens is 540 g/mol. The Hall–Kier alpha value is -3.61. The van der Waals surface area contributed by atoms with Crippen LogP contribution in [0.3, 0.4) is 0 Å². The number of alkyl halides is 3. The van der Waals surface area contributed by atoms with E-state index in [4.69, 9.17) is 4.42 Å². The van der Waals surface area contributed by atoms with Gasteiger partial charge in [0.25, 0.3) is 10.0 Å². The molecule has 7 nitrogen and oxygen atoms in total. The largest absolute Gasteiger partial charge is 0.443 e. The number of ketones is 1. The van der Waals surface area contributed by atoms with E-state index in [-0.39, 0.29) is 36.8 Å². The van der Waals surface area contributed by atoms with Gasteiger partial charge in [-0.1, -0.05) is 30.3 Å². The molecule has 1 saturated heterocycles. The van der Waals surface area contributed by atoms with Crippen molar-refractivity contribution in [2.45, 2.75) is 42.7 Å². The quantitative estimate of drug-likeness (QED) is 0.319. The first kappa shape index (κ1) is 27.0. The van der Waals surface area contributed by atoms with Crippen molar-refractivity contribution in [3.8, 4) is 11.1 Å². The van der Waals surface area contributed by atoms with Gasteiger partial charge in [0.2, 0.25) is 5.09 Å². The summed E-state index contributed by atoms with van der Waals surface area (Å²) >= 11 is 0. The first-order chi connectivity index (χ1) is 18.4. The van der Waals surface area contributed by atoms with Crippen molar-refractivity contribution in [2.75, 3.05) is 6.54 Å². The fourth-order valence-corrected chi connectivity index (χ4v) is 6.28. The second kappa shape index (κ2) is 10.2. The number of carbonyl (C=O) groups excluding carboxylic acids is 1. The smallest absolute Gasteiger partial charge is 0.433 e. The first-order valence-electron chi connectivity index (χ1n) is 12.0. The molecular formula is C27H22F4N2O5S. The van der Waals surface area contributed by atoms with Crippen LogP contribution in [-0.4, -0.2) is 47.3 Å². The maximum Gasteiger partial charge on any atom is 0.433 e. The predicted molar refractivity (Wildman–Crippen MR) is 132 cm³/mol. The van der Waals surface area contributed by atoms with Crippen molar-refractivity contribution in [3.05, 3.63) is 83.9 Å². The minimum Gasteiger partial charge on any atom is -0.443 e. The Kier molecular flexibility index (Phi) is 7.04. The number of halogens is 4. The van der Waals surface area contributed by atoms with Crippen molar-refractivity contribution >= 4 is 26.8 Å². The molecule has 2 atom stereocenters. The second-order valence-corrected chi connectivity index (χ2v) is 11.1. The lowest BCUT2D eigenvalue weighted by Gasteiger charge is -2.23. The predicted octanol–water partition coefficient (Wildman–Crippen LogP) is 4.98. The Labute approximate surface area is 220 Å². The van der Waals surface area contributed by atoms with Gasteiger partial charge in [0.1, 0.15) is 23.1 Å². The van der Waals surface area contributed by atoms with Crippen LogP contribution < -0.4 is 0 Å². The number of aryl methyl sites for hydroxylation is 1. The molecule has 1 aliphatic heterocycles. The van der Waals surface area contributed by atoms with Gasteiger partial charge in [0.15, 0.2) is 5.78 Å². The number of hydrogen-bond acceptors (Lipinski definition) is 6. The topological polar surface area (TPSA) is 101 Å². The van der Waals surface area contributed by atoms with Crippen LogP contribution in [0.15, 0.2) is 76.4 Å². The van der Waals surface area contributed by atoms with E-state index in [2.05, 4.69) is 4.98 Å². The molecule has 2 aromatic heterocycles. The zero-order chi connectivity index (χ0) is 27.9. The van der Waals surface area contributed by atoms with Crippen LogP contribution in [0.2, 0.25) is 0 Å². The summed E-state index contributed by atoms with van der Waals surface area (Å²) in [7, 11) is -4.30. The van der Waals surface area contributed by atoms with Crippen molar-refractivity contribution in [2.24, 2.45) is 0 Å². The Morgan fingerprint density at radius 3 is 2.59 bits per heavy atom. The lowest BCUT2D eigenvalue weighted by atomic mass is 9.98. The highest BCUT2D eigenvalue weighted by atomic mass is 32.2. The molecule has 0 bridgehead atoms. The fourth-order valence-electron chi connectivity index (χ4n) is 4.68. The number of rotatable bonds is 7. The summed E-state index contributed by atoms with van der Waals surface area (Å²) < 4.78 is 84.9. The van der Waals surface area contributed by atoms with Crippen LogP contribution in [0.25, 0.3) is 22.1 Å². The van der Waals surface area contributed by atoms with Gasteiger partial charge in [0, 0.05) is 36.2 Å². The number of sulfonamides is 1. The SMILES string of the molecule is O=C(CCc1cccc(-c2ccc(C(F)(F)F)nc2)c1)[C@@H]1[C@@H](O)CCN1S(=O)(=O)c1cc2cc(F)ccc2o1. The van der Waals surface area contributed by atoms with Gasteiger partial charge < -0.3 is 9.52 Å². The van der Waals surface area contributed by atoms with E-state index < -0.39 is 50.7 Å². The molecule has 1 N–H and O–H groups in total. The average molecular weight is 563 g/mol. The molecule has 0 saturated carbocycles. The van der Waals surface area contributed by atoms with Crippen LogP contribution in [-0.2, 0) is 27.4 Å². The Bertz CT molecular complexity index is 1630. The third-order valence-electron chi connectivity index (χ3n) is 6.64. The van der Waals surface area contributed by atoms with E-state index in [1.807, 2.05) is 0 Å². The molecule has 2 aromatic carbocycles. The lowest BCUT2D eigenvalue weighted by molar-refractivity contribution is -0.141. The summed E-state index contributed by atoms with van der Waals surface area (Å²) in [6, 6.07) is 12.5. The van der Waals surface area contributed by atoms with E-state index in [1.165, 1.54) is 18.2 Å². The van der Waals surface area contributed by atoms with E-state index in [1.54, 1.807) is 24.3 Å². The molecule has 204 valence electrons. The zero-order valence-corrected chi connectivity index (χ0v) is 21.0. The number of Topliss-reactive ketones (excluding diaryl/α,β-unsaturated/α-hetero) is 1. The van der Waals surface area contributed by atoms with E-state index in [9.17, 15) is 35.9 Å². The number of furan rings is 1. The molecule has 12 heteroatoms. The maximum absolute atomic E-state index is 13.5. The van der Waals surface area contributed by atoms with Crippen LogP contribution in [0.5, 0.6) is 0 Å². The van der Waals surface area contributed by atoms with Crippen LogP contribution >= 0.6 is 0 Å². The van der Waals surface area contributed by atoms with E-state index >= 15 is 0 Å². The van der Waals surface area contributed by atoms with Gasteiger partial charge in [0.05, 0.1) is 6.10 Å². The van der Waals surface area contributed by atoms with Gasteiger partial charge in [-0.15, -0.1) is 0 Å². The number of benzene rings is 2. The molecule has 5 rings (SSSR count). The van der Waals surface area contributed by atoms with E-state index in [0.29, 0.717) is 16.7 Å². The van der Waals surface area contributed by atoms with Crippen LogP contribution in [0.1, 0.15) is 24.1 Å². The van der Waals surface area contributed by atoms with Crippen molar-refractivity contribution in [3.63, 3.8) is 0 Å². The van der Waals surface area contributed by atoms with Gasteiger partial charge >= 0.3 is 6.18 Å². The molecule has 0 amide bonds. The van der Waals surface area contributed by atoms with E-state index in [0.717, 1.165) is 28.7 Å². The average Bonchev–Trinajstić information content (AvgIpc) is 3.51. The molecule has 1 aliphatic rings. The maximum atomic E-state index is 13.5. The summed E-state index contributed by atoms with van der Waals surface area (Å²) in [4.78, 5) is 16.6. The third-order valence-corrected chi connectivity index (χ3v) is 8.38. The number of hydrogen-bond donors (Lipinski definition) is 1. The van der Waals surface area contributed by atoms with Crippen LogP contribution in [0.4, 0.5) is 17.6 Å². The minimum absolute atomic E-state index is 0.0564. The third kappa shape index (κ3) is 5.45. The zero-order valence-electron chi connectivity index (χ0n) is 20.2. The summed E-state index contributed by atoms with van der Waals surface area (Å²) in [5, 5.41) is 10.3. The number of pyridine rings is 1. The van der Waals surface area contributed by atoms with Gasteiger partial charge in [-0.3, -0.25) is 9.78 Å². The Balaban J connectivity index is 1.31. The number of fused-ring (bicyclic) bond motifs is 1. The summed E-state index contributed by atoms with van der Waals surface area (Å²) in [6.07, 6.45) is -4.46. The number of aliphatic hydroxyl groups is 1. The molecule has 3 heterocycles. The summed E-state index contributed by atoms with van der Waals surface area (Å²) in [6.45, 7) is -0.0955. The normalized spacial score (nSPS) is 18.6. The lowest BCUT2D eigenvalue weighted by Crippen LogP contribution is -2.45. The highest BCUT2D eigenvalue weighted by Crippen LogP contribution is 2.32. The molecule has 0 radical (unpaired) electrons.